The summed E-state index contributed by atoms with van der Waals surface area (Å²) in [7, 11) is 0. The standard InChI is InChI=1S/C27H29N5O2S/c1-5-32-26(22-8-6-7-18(2)13-22)30-31-27(32)35-17-24(33)28-15-21-11-12-25(29-16-21)34-23-14-19(3)9-10-20(23)4/h6-14,16H,5,15,17H2,1-4H3,(H,28,33). The van der Waals surface area contributed by atoms with Gasteiger partial charge in [-0.3, -0.25) is 4.79 Å². The number of ether oxygens (including phenoxy) is 1. The maximum atomic E-state index is 12.5. The number of carbonyl (C=O) groups is 1. The van der Waals surface area contributed by atoms with Gasteiger partial charge in [-0.15, -0.1) is 10.2 Å². The van der Waals surface area contributed by atoms with Crippen molar-refractivity contribution in [3.05, 3.63) is 83.0 Å². The molecular weight excluding hydrogens is 458 g/mol. The molecule has 0 aliphatic carbocycles. The number of aryl methyl sites for hydroxylation is 3. The molecule has 0 fully saturated rings. The highest BCUT2D eigenvalue weighted by Crippen LogP contribution is 2.26. The van der Waals surface area contributed by atoms with Crippen molar-refractivity contribution in [1.29, 1.82) is 0 Å². The maximum Gasteiger partial charge on any atom is 0.230 e. The lowest BCUT2D eigenvalue weighted by Gasteiger charge is -2.10. The Morgan fingerprint density at radius 2 is 1.86 bits per heavy atom. The van der Waals surface area contributed by atoms with Gasteiger partial charge in [-0.2, -0.15) is 0 Å². The van der Waals surface area contributed by atoms with Crippen LogP contribution in [0, 0.1) is 20.8 Å². The molecule has 0 unspecified atom stereocenters. The average Bonchev–Trinajstić information content (AvgIpc) is 3.27. The summed E-state index contributed by atoms with van der Waals surface area (Å²) in [4.78, 5) is 16.8. The Morgan fingerprint density at radius 1 is 1.03 bits per heavy atom. The van der Waals surface area contributed by atoms with Crippen LogP contribution in [0.1, 0.15) is 29.2 Å². The zero-order chi connectivity index (χ0) is 24.8. The summed E-state index contributed by atoms with van der Waals surface area (Å²) in [5.74, 6) is 2.31. The normalized spacial score (nSPS) is 10.9. The summed E-state index contributed by atoms with van der Waals surface area (Å²) in [5, 5.41) is 12.3. The highest BCUT2D eigenvalue weighted by Gasteiger charge is 2.15. The van der Waals surface area contributed by atoms with Crippen LogP contribution in [0.5, 0.6) is 11.6 Å². The molecule has 4 rings (SSSR count). The second-order valence-corrected chi connectivity index (χ2v) is 9.30. The summed E-state index contributed by atoms with van der Waals surface area (Å²) in [6.07, 6.45) is 1.72. The third kappa shape index (κ3) is 6.27. The summed E-state index contributed by atoms with van der Waals surface area (Å²) in [5.41, 5.74) is 5.27. The van der Waals surface area contributed by atoms with Crippen molar-refractivity contribution < 1.29 is 9.53 Å². The molecule has 0 bridgehead atoms. The van der Waals surface area contributed by atoms with Gasteiger partial charge in [0.25, 0.3) is 0 Å². The zero-order valence-electron chi connectivity index (χ0n) is 20.4. The van der Waals surface area contributed by atoms with E-state index in [4.69, 9.17) is 4.74 Å². The highest BCUT2D eigenvalue weighted by molar-refractivity contribution is 7.99. The van der Waals surface area contributed by atoms with Crippen LogP contribution < -0.4 is 10.1 Å². The Hall–Kier alpha value is -3.65. The van der Waals surface area contributed by atoms with Crippen LogP contribution in [0.25, 0.3) is 11.4 Å². The van der Waals surface area contributed by atoms with Crippen molar-refractivity contribution in [2.45, 2.75) is 45.9 Å². The van der Waals surface area contributed by atoms with Gasteiger partial charge in [0.05, 0.1) is 5.75 Å². The Labute approximate surface area is 210 Å². The van der Waals surface area contributed by atoms with Gasteiger partial charge in [-0.05, 0) is 56.5 Å². The van der Waals surface area contributed by atoms with Crippen molar-refractivity contribution in [3.63, 3.8) is 0 Å². The second-order valence-electron chi connectivity index (χ2n) is 8.36. The molecule has 0 atom stereocenters. The number of rotatable bonds is 9. The van der Waals surface area contributed by atoms with E-state index in [-0.39, 0.29) is 11.7 Å². The number of thioether (sulfide) groups is 1. The fraction of sp³-hybridized carbons (Fsp3) is 0.259. The van der Waals surface area contributed by atoms with Crippen molar-refractivity contribution >= 4 is 17.7 Å². The lowest BCUT2D eigenvalue weighted by molar-refractivity contribution is -0.118. The van der Waals surface area contributed by atoms with Gasteiger partial charge in [0, 0.05) is 30.9 Å². The van der Waals surface area contributed by atoms with Gasteiger partial charge in [-0.25, -0.2) is 4.98 Å². The van der Waals surface area contributed by atoms with E-state index < -0.39 is 0 Å². The average molecular weight is 488 g/mol. The molecule has 0 saturated carbocycles. The van der Waals surface area contributed by atoms with E-state index in [1.165, 1.54) is 17.3 Å². The van der Waals surface area contributed by atoms with Crippen molar-refractivity contribution in [2.75, 3.05) is 5.75 Å². The number of pyridine rings is 1. The van der Waals surface area contributed by atoms with Gasteiger partial charge in [0.2, 0.25) is 11.8 Å². The van der Waals surface area contributed by atoms with Gasteiger partial charge in [-0.1, -0.05) is 53.7 Å². The largest absolute Gasteiger partial charge is 0.439 e. The molecule has 35 heavy (non-hydrogen) atoms. The predicted octanol–water partition coefficient (Wildman–Crippen LogP) is 5.49. The lowest BCUT2D eigenvalue weighted by atomic mass is 10.1. The van der Waals surface area contributed by atoms with E-state index in [9.17, 15) is 4.79 Å². The van der Waals surface area contributed by atoms with Crippen LogP contribution >= 0.6 is 11.8 Å². The third-order valence-electron chi connectivity index (χ3n) is 5.49. The number of benzene rings is 2. The minimum Gasteiger partial charge on any atom is -0.439 e. The molecule has 4 aromatic rings. The number of nitrogens with zero attached hydrogens (tertiary/aromatic N) is 4. The molecule has 0 saturated heterocycles. The van der Waals surface area contributed by atoms with Crippen molar-refractivity contribution in [3.8, 4) is 23.0 Å². The number of hydrogen-bond donors (Lipinski definition) is 1. The van der Waals surface area contributed by atoms with E-state index in [2.05, 4.69) is 45.6 Å². The molecule has 2 heterocycles. The molecule has 0 radical (unpaired) electrons. The number of hydrogen-bond acceptors (Lipinski definition) is 6. The zero-order valence-corrected chi connectivity index (χ0v) is 21.2. The van der Waals surface area contributed by atoms with Crippen molar-refractivity contribution in [2.24, 2.45) is 0 Å². The minimum absolute atomic E-state index is 0.0755. The quantitative estimate of drug-likeness (QED) is 0.315. The molecule has 0 spiro atoms. The molecule has 0 aliphatic rings. The minimum atomic E-state index is -0.0755. The molecule has 2 aromatic carbocycles. The van der Waals surface area contributed by atoms with E-state index in [0.29, 0.717) is 12.4 Å². The topological polar surface area (TPSA) is 81.9 Å². The third-order valence-corrected chi connectivity index (χ3v) is 6.45. The van der Waals surface area contributed by atoms with Crippen LogP contribution in [0.2, 0.25) is 0 Å². The number of nitrogens with one attached hydrogen (secondary N) is 1. The fourth-order valence-electron chi connectivity index (χ4n) is 3.57. The van der Waals surface area contributed by atoms with E-state index >= 15 is 0 Å². The van der Waals surface area contributed by atoms with E-state index in [1.807, 2.05) is 61.7 Å². The fourth-order valence-corrected chi connectivity index (χ4v) is 4.40. The van der Waals surface area contributed by atoms with Crippen LogP contribution in [-0.2, 0) is 17.9 Å². The maximum absolute atomic E-state index is 12.5. The van der Waals surface area contributed by atoms with Gasteiger partial charge in [0.15, 0.2) is 11.0 Å². The first kappa shape index (κ1) is 24.5. The van der Waals surface area contributed by atoms with Crippen LogP contribution in [0.4, 0.5) is 0 Å². The molecular formula is C27H29N5O2S. The molecule has 180 valence electrons. The predicted molar refractivity (Wildman–Crippen MR) is 139 cm³/mol. The van der Waals surface area contributed by atoms with E-state index in [1.54, 1.807) is 6.20 Å². The Kier molecular flexibility index (Phi) is 7.82. The first-order valence-corrected chi connectivity index (χ1v) is 12.5. The molecule has 1 N–H and O–H groups in total. The highest BCUT2D eigenvalue weighted by atomic mass is 32.2. The Bertz CT molecular complexity index is 1320. The SMILES string of the molecule is CCn1c(SCC(=O)NCc2ccc(Oc3cc(C)ccc3C)nc2)nnc1-c1cccc(C)c1. The van der Waals surface area contributed by atoms with E-state index in [0.717, 1.165) is 45.5 Å². The monoisotopic (exact) mass is 487 g/mol. The first-order valence-electron chi connectivity index (χ1n) is 11.5. The summed E-state index contributed by atoms with van der Waals surface area (Å²) in [6.45, 7) is 9.25. The summed E-state index contributed by atoms with van der Waals surface area (Å²) < 4.78 is 7.94. The molecule has 8 heteroatoms. The van der Waals surface area contributed by atoms with Gasteiger partial charge < -0.3 is 14.6 Å². The Balaban J connectivity index is 1.30. The van der Waals surface area contributed by atoms with Crippen molar-refractivity contribution in [1.82, 2.24) is 25.1 Å². The molecule has 7 nitrogen and oxygen atoms in total. The number of carbonyl (C=O) groups excluding carboxylic acids is 1. The number of amides is 1. The first-order chi connectivity index (χ1) is 16.9. The summed E-state index contributed by atoms with van der Waals surface area (Å²) >= 11 is 1.38. The molecule has 2 aromatic heterocycles. The van der Waals surface area contributed by atoms with Gasteiger partial charge in [0.1, 0.15) is 5.75 Å². The molecule has 1 amide bonds. The lowest BCUT2D eigenvalue weighted by Crippen LogP contribution is -2.24. The molecule has 0 aliphatic heterocycles. The smallest absolute Gasteiger partial charge is 0.230 e. The number of aromatic nitrogens is 4. The second kappa shape index (κ2) is 11.2. The van der Waals surface area contributed by atoms with Crippen LogP contribution in [0.15, 0.2) is 66.0 Å². The van der Waals surface area contributed by atoms with Crippen LogP contribution in [-0.4, -0.2) is 31.4 Å². The van der Waals surface area contributed by atoms with Gasteiger partial charge >= 0.3 is 0 Å². The summed E-state index contributed by atoms with van der Waals surface area (Å²) in [6, 6.07) is 18.0. The van der Waals surface area contributed by atoms with Crippen LogP contribution in [0.3, 0.4) is 0 Å². The Morgan fingerprint density at radius 3 is 2.60 bits per heavy atom.